The quantitative estimate of drug-likeness (QED) is 0.574. The van der Waals surface area contributed by atoms with E-state index in [1.807, 2.05) is 23.1 Å². The molecule has 0 saturated carbocycles. The monoisotopic (exact) mass is 307 g/mol. The van der Waals surface area contributed by atoms with Crippen LogP contribution in [-0.4, -0.2) is 36.2 Å². The van der Waals surface area contributed by atoms with Gasteiger partial charge in [0.25, 0.3) is 0 Å². The van der Waals surface area contributed by atoms with Gasteiger partial charge < -0.3 is 9.64 Å². The highest BCUT2D eigenvalue weighted by molar-refractivity contribution is 8.00. The third-order valence-electron chi connectivity index (χ3n) is 3.56. The first-order valence-electron chi connectivity index (χ1n) is 7.25. The molecule has 1 amide bonds. The molecular weight excluding hydrogens is 286 g/mol. The van der Waals surface area contributed by atoms with Gasteiger partial charge in [0.15, 0.2) is 0 Å². The van der Waals surface area contributed by atoms with Crippen LogP contribution in [0.5, 0.6) is 0 Å². The number of amides is 1. The number of esters is 1. The summed E-state index contributed by atoms with van der Waals surface area (Å²) < 4.78 is 4.62. The van der Waals surface area contributed by atoms with E-state index in [1.54, 1.807) is 11.8 Å². The largest absolute Gasteiger partial charge is 0.469 e. The summed E-state index contributed by atoms with van der Waals surface area (Å²) in [4.78, 5) is 25.0. The minimum atomic E-state index is -0.162. The van der Waals surface area contributed by atoms with E-state index in [-0.39, 0.29) is 17.3 Å². The Labute approximate surface area is 129 Å². The van der Waals surface area contributed by atoms with Crippen molar-refractivity contribution < 1.29 is 14.3 Å². The van der Waals surface area contributed by atoms with Crippen molar-refractivity contribution >= 4 is 23.6 Å². The van der Waals surface area contributed by atoms with Crippen LogP contribution < -0.4 is 0 Å². The normalized spacial score (nSPS) is 18.0. The predicted octanol–water partition coefficient (Wildman–Crippen LogP) is 2.99. The molecule has 1 atom stereocenters. The van der Waals surface area contributed by atoms with Gasteiger partial charge in [-0.1, -0.05) is 36.8 Å². The molecule has 21 heavy (non-hydrogen) atoms. The number of rotatable bonds is 7. The van der Waals surface area contributed by atoms with E-state index in [1.165, 1.54) is 12.7 Å². The first-order valence-corrected chi connectivity index (χ1v) is 8.30. The highest BCUT2D eigenvalue weighted by Gasteiger charge is 2.31. The standard InChI is InChI=1S/C16H21NO3S/c1-20-15(19)10-6-3-7-11-17-14(18)12-21-16(17)13-8-4-2-5-9-13/h2,4-5,8-9,16H,3,6-7,10-12H2,1H3. The van der Waals surface area contributed by atoms with Gasteiger partial charge in [0.05, 0.1) is 12.9 Å². The summed E-state index contributed by atoms with van der Waals surface area (Å²) in [5.74, 6) is 0.605. The Balaban J connectivity index is 1.80. The van der Waals surface area contributed by atoms with Gasteiger partial charge in [-0.25, -0.2) is 0 Å². The number of hydrogen-bond acceptors (Lipinski definition) is 4. The van der Waals surface area contributed by atoms with Gasteiger partial charge >= 0.3 is 5.97 Å². The lowest BCUT2D eigenvalue weighted by Gasteiger charge is -2.24. The van der Waals surface area contributed by atoms with Crippen molar-refractivity contribution in [2.24, 2.45) is 0 Å². The smallest absolute Gasteiger partial charge is 0.305 e. The maximum Gasteiger partial charge on any atom is 0.305 e. The SMILES string of the molecule is COC(=O)CCCCCN1C(=O)CSC1c1ccccc1. The van der Waals surface area contributed by atoms with E-state index >= 15 is 0 Å². The van der Waals surface area contributed by atoms with Gasteiger partial charge in [0, 0.05) is 13.0 Å². The topological polar surface area (TPSA) is 46.6 Å². The number of benzene rings is 1. The molecule has 2 rings (SSSR count). The average molecular weight is 307 g/mol. The van der Waals surface area contributed by atoms with E-state index < -0.39 is 0 Å². The summed E-state index contributed by atoms with van der Waals surface area (Å²) in [6.07, 6.45) is 3.14. The molecule has 1 aromatic rings. The lowest BCUT2D eigenvalue weighted by Crippen LogP contribution is -2.29. The first kappa shape index (κ1) is 15.9. The molecule has 0 aromatic heterocycles. The number of nitrogens with zero attached hydrogens (tertiary/aromatic N) is 1. The van der Waals surface area contributed by atoms with Crippen LogP contribution in [0.3, 0.4) is 0 Å². The van der Waals surface area contributed by atoms with Crippen LogP contribution >= 0.6 is 11.8 Å². The second-order valence-corrected chi connectivity index (χ2v) is 6.12. The Bertz CT molecular complexity index is 478. The van der Waals surface area contributed by atoms with Crippen molar-refractivity contribution in [2.45, 2.75) is 31.1 Å². The number of carbonyl (C=O) groups is 2. The molecule has 1 aliphatic rings. The number of carbonyl (C=O) groups excluding carboxylic acids is 2. The lowest BCUT2D eigenvalue weighted by molar-refractivity contribution is -0.140. The van der Waals surface area contributed by atoms with Crippen LogP contribution in [0.15, 0.2) is 30.3 Å². The Hall–Kier alpha value is -1.49. The van der Waals surface area contributed by atoms with Crippen molar-refractivity contribution in [1.29, 1.82) is 0 Å². The third-order valence-corrected chi connectivity index (χ3v) is 4.82. The summed E-state index contributed by atoms with van der Waals surface area (Å²) in [5, 5.41) is 0.138. The Kier molecular flexibility index (Phi) is 6.11. The number of unbranched alkanes of at least 4 members (excludes halogenated alkanes) is 2. The molecule has 0 radical (unpaired) electrons. The fourth-order valence-electron chi connectivity index (χ4n) is 2.42. The molecule has 1 unspecified atom stereocenters. The van der Waals surface area contributed by atoms with Crippen molar-refractivity contribution in [3.8, 4) is 0 Å². The van der Waals surface area contributed by atoms with E-state index in [4.69, 9.17) is 0 Å². The molecule has 1 fully saturated rings. The van der Waals surface area contributed by atoms with E-state index in [2.05, 4.69) is 16.9 Å². The molecule has 1 saturated heterocycles. The fourth-order valence-corrected chi connectivity index (χ4v) is 3.64. The number of methoxy groups -OCH3 is 1. The zero-order chi connectivity index (χ0) is 15.1. The van der Waals surface area contributed by atoms with Gasteiger partial charge in [-0.3, -0.25) is 9.59 Å². The number of hydrogen-bond donors (Lipinski definition) is 0. The zero-order valence-electron chi connectivity index (χ0n) is 12.3. The summed E-state index contributed by atoms with van der Waals surface area (Å²) in [6, 6.07) is 10.1. The molecule has 1 heterocycles. The highest BCUT2D eigenvalue weighted by Crippen LogP contribution is 2.38. The summed E-state index contributed by atoms with van der Waals surface area (Å²) in [5.41, 5.74) is 1.18. The van der Waals surface area contributed by atoms with Crippen LogP contribution in [0.4, 0.5) is 0 Å². The minimum Gasteiger partial charge on any atom is -0.469 e. The van der Waals surface area contributed by atoms with Crippen LogP contribution in [0.1, 0.15) is 36.6 Å². The van der Waals surface area contributed by atoms with Gasteiger partial charge in [0.1, 0.15) is 5.37 Å². The van der Waals surface area contributed by atoms with Crippen molar-refractivity contribution in [3.63, 3.8) is 0 Å². The van der Waals surface area contributed by atoms with E-state index in [9.17, 15) is 9.59 Å². The second-order valence-electron chi connectivity index (χ2n) is 5.05. The fraction of sp³-hybridized carbons (Fsp3) is 0.500. The third kappa shape index (κ3) is 4.49. The van der Waals surface area contributed by atoms with Crippen LogP contribution in [0.2, 0.25) is 0 Å². The number of thioether (sulfide) groups is 1. The van der Waals surface area contributed by atoms with Gasteiger partial charge in [-0.2, -0.15) is 0 Å². The lowest BCUT2D eigenvalue weighted by atomic mass is 10.1. The Morgan fingerprint density at radius 2 is 2.05 bits per heavy atom. The van der Waals surface area contributed by atoms with E-state index in [0.29, 0.717) is 12.2 Å². The molecule has 0 N–H and O–H groups in total. The van der Waals surface area contributed by atoms with E-state index in [0.717, 1.165) is 25.8 Å². The molecule has 0 bridgehead atoms. The number of ether oxygens (including phenoxy) is 1. The molecular formula is C16H21NO3S. The summed E-state index contributed by atoms with van der Waals surface area (Å²) in [6.45, 7) is 0.757. The molecule has 0 spiro atoms. The van der Waals surface area contributed by atoms with Crippen molar-refractivity contribution in [1.82, 2.24) is 4.90 Å². The Morgan fingerprint density at radius 3 is 2.76 bits per heavy atom. The minimum absolute atomic E-state index is 0.138. The second kappa shape index (κ2) is 8.08. The Morgan fingerprint density at radius 1 is 1.29 bits per heavy atom. The maximum atomic E-state index is 12.0. The molecule has 5 heteroatoms. The van der Waals surface area contributed by atoms with Gasteiger partial charge in [0.2, 0.25) is 5.91 Å². The molecule has 1 aliphatic heterocycles. The van der Waals surface area contributed by atoms with Crippen LogP contribution in [0, 0.1) is 0 Å². The zero-order valence-corrected chi connectivity index (χ0v) is 13.1. The first-order chi connectivity index (χ1) is 10.2. The van der Waals surface area contributed by atoms with Gasteiger partial charge in [-0.15, -0.1) is 11.8 Å². The van der Waals surface area contributed by atoms with Gasteiger partial charge in [-0.05, 0) is 18.4 Å². The molecule has 0 aliphatic carbocycles. The summed E-state index contributed by atoms with van der Waals surface area (Å²) in [7, 11) is 1.41. The average Bonchev–Trinajstić information content (AvgIpc) is 2.88. The van der Waals surface area contributed by atoms with Crippen molar-refractivity contribution in [3.05, 3.63) is 35.9 Å². The highest BCUT2D eigenvalue weighted by atomic mass is 32.2. The molecule has 114 valence electrons. The van der Waals surface area contributed by atoms with Crippen molar-refractivity contribution in [2.75, 3.05) is 19.4 Å². The summed E-state index contributed by atoms with van der Waals surface area (Å²) >= 11 is 1.69. The molecule has 1 aromatic carbocycles. The maximum absolute atomic E-state index is 12.0. The van der Waals surface area contributed by atoms with Crippen LogP contribution in [-0.2, 0) is 14.3 Å². The van der Waals surface area contributed by atoms with Crippen LogP contribution in [0.25, 0.3) is 0 Å². The molecule has 4 nitrogen and oxygen atoms in total. The predicted molar refractivity (Wildman–Crippen MR) is 83.8 cm³/mol.